The Hall–Kier alpha value is -1.29. The predicted molar refractivity (Wildman–Crippen MR) is 72.5 cm³/mol. The molecule has 17 heavy (non-hydrogen) atoms. The normalized spacial score (nSPS) is 10.9. The van der Waals surface area contributed by atoms with Crippen LogP contribution in [0.15, 0.2) is 33.5 Å². The Morgan fingerprint density at radius 1 is 1.41 bits per heavy atom. The second kappa shape index (κ2) is 4.92. The van der Waals surface area contributed by atoms with Crippen molar-refractivity contribution in [1.29, 1.82) is 0 Å². The van der Waals surface area contributed by atoms with Crippen molar-refractivity contribution in [2.24, 2.45) is 0 Å². The van der Waals surface area contributed by atoms with Crippen LogP contribution in [0.3, 0.4) is 0 Å². The fourth-order valence-corrected chi connectivity index (χ4v) is 2.50. The molecule has 0 saturated heterocycles. The minimum absolute atomic E-state index is 0.0408. The maximum Gasteiger partial charge on any atom is 0.254 e. The number of pyridine rings is 1. The first-order valence-electron chi connectivity index (χ1n) is 5.66. The highest BCUT2D eigenvalue weighted by molar-refractivity contribution is 9.10. The zero-order chi connectivity index (χ0) is 12.4. The van der Waals surface area contributed by atoms with E-state index in [4.69, 9.17) is 0 Å². The van der Waals surface area contributed by atoms with Crippen LogP contribution in [0, 0.1) is 0 Å². The number of benzene rings is 1. The molecule has 0 bridgehead atoms. The van der Waals surface area contributed by atoms with Gasteiger partial charge in [-0.15, -0.1) is 0 Å². The van der Waals surface area contributed by atoms with E-state index in [1.807, 2.05) is 18.2 Å². The number of unbranched alkanes of at least 4 members (excludes halogenated alkanes) is 1. The van der Waals surface area contributed by atoms with Gasteiger partial charge >= 0.3 is 0 Å². The smallest absolute Gasteiger partial charge is 0.254 e. The van der Waals surface area contributed by atoms with E-state index < -0.39 is 0 Å². The zero-order valence-electron chi connectivity index (χ0n) is 9.61. The van der Waals surface area contributed by atoms with Crippen molar-refractivity contribution in [3.63, 3.8) is 0 Å². The highest BCUT2D eigenvalue weighted by Crippen LogP contribution is 2.28. The number of halogens is 1. The van der Waals surface area contributed by atoms with Crippen LogP contribution in [0.4, 0.5) is 0 Å². The fourth-order valence-electron chi connectivity index (χ4n) is 1.92. The largest absolute Gasteiger partial charge is 0.507 e. The van der Waals surface area contributed by atoms with Gasteiger partial charge < -0.3 is 9.67 Å². The fraction of sp³-hybridized carbons (Fsp3) is 0.308. The summed E-state index contributed by atoms with van der Waals surface area (Å²) < 4.78 is 2.54. The van der Waals surface area contributed by atoms with Gasteiger partial charge in [-0.25, -0.2) is 0 Å². The van der Waals surface area contributed by atoms with Crippen LogP contribution in [-0.2, 0) is 6.54 Å². The average Bonchev–Trinajstić information content (AvgIpc) is 2.30. The molecule has 0 amide bonds. The van der Waals surface area contributed by atoms with Gasteiger partial charge in [0.2, 0.25) is 0 Å². The van der Waals surface area contributed by atoms with Crippen LogP contribution >= 0.6 is 15.9 Å². The monoisotopic (exact) mass is 295 g/mol. The van der Waals surface area contributed by atoms with Crippen molar-refractivity contribution in [3.8, 4) is 5.75 Å². The molecule has 1 N–H and O–H groups in total. The first kappa shape index (κ1) is 12.2. The summed E-state index contributed by atoms with van der Waals surface area (Å²) in [5.41, 5.74) is 0.612. The molecule has 2 rings (SSSR count). The molecule has 4 heteroatoms. The van der Waals surface area contributed by atoms with Gasteiger partial charge in [0.1, 0.15) is 5.75 Å². The van der Waals surface area contributed by atoms with Crippen molar-refractivity contribution in [2.75, 3.05) is 0 Å². The maximum absolute atomic E-state index is 11.9. The Morgan fingerprint density at radius 2 is 2.18 bits per heavy atom. The lowest BCUT2D eigenvalue weighted by Gasteiger charge is -2.12. The Balaban J connectivity index is 2.76. The molecular formula is C13H14BrNO2. The van der Waals surface area contributed by atoms with E-state index in [-0.39, 0.29) is 11.3 Å². The summed E-state index contributed by atoms with van der Waals surface area (Å²) in [6.07, 6.45) is 1.97. The molecule has 0 aliphatic carbocycles. The van der Waals surface area contributed by atoms with Crippen LogP contribution in [0.5, 0.6) is 5.75 Å². The lowest BCUT2D eigenvalue weighted by atomic mass is 10.2. The number of aromatic hydroxyl groups is 1. The number of aromatic nitrogens is 1. The van der Waals surface area contributed by atoms with Crippen LogP contribution in [0.2, 0.25) is 0 Å². The Bertz CT molecular complexity index is 604. The molecule has 90 valence electrons. The van der Waals surface area contributed by atoms with E-state index in [9.17, 15) is 9.90 Å². The first-order chi connectivity index (χ1) is 8.15. The third kappa shape index (κ3) is 2.22. The third-order valence-electron chi connectivity index (χ3n) is 2.79. The Labute approximate surface area is 108 Å². The number of hydrogen-bond acceptors (Lipinski definition) is 2. The highest BCUT2D eigenvalue weighted by Gasteiger charge is 2.10. The molecule has 2 aromatic rings. The average molecular weight is 296 g/mol. The molecule has 1 heterocycles. The van der Waals surface area contributed by atoms with Gasteiger partial charge in [0.15, 0.2) is 0 Å². The number of para-hydroxylation sites is 1. The summed E-state index contributed by atoms with van der Waals surface area (Å²) in [4.78, 5) is 11.9. The summed E-state index contributed by atoms with van der Waals surface area (Å²) in [6, 6.07) is 6.83. The second-order valence-electron chi connectivity index (χ2n) is 4.01. The van der Waals surface area contributed by atoms with E-state index in [0.717, 1.165) is 22.8 Å². The lowest BCUT2D eigenvalue weighted by Crippen LogP contribution is -2.19. The molecule has 3 nitrogen and oxygen atoms in total. The molecule has 0 spiro atoms. The van der Waals surface area contributed by atoms with E-state index in [1.54, 1.807) is 4.57 Å². The summed E-state index contributed by atoms with van der Waals surface area (Å²) in [6.45, 7) is 2.76. The molecule has 0 aliphatic rings. The number of fused-ring (bicyclic) bond motifs is 1. The summed E-state index contributed by atoms with van der Waals surface area (Å²) in [5.74, 6) is 0.0408. The second-order valence-corrected chi connectivity index (χ2v) is 4.86. The van der Waals surface area contributed by atoms with Crippen LogP contribution in [0.1, 0.15) is 19.8 Å². The third-order valence-corrected chi connectivity index (χ3v) is 3.43. The molecule has 0 radical (unpaired) electrons. The van der Waals surface area contributed by atoms with E-state index in [1.165, 1.54) is 6.07 Å². The molecule has 0 aliphatic heterocycles. The number of nitrogens with zero attached hydrogens (tertiary/aromatic N) is 1. The van der Waals surface area contributed by atoms with Gasteiger partial charge in [0, 0.05) is 22.5 Å². The van der Waals surface area contributed by atoms with Crippen molar-refractivity contribution >= 4 is 26.8 Å². The van der Waals surface area contributed by atoms with Crippen molar-refractivity contribution in [2.45, 2.75) is 26.3 Å². The lowest BCUT2D eigenvalue weighted by molar-refractivity contribution is 0.478. The Kier molecular flexibility index (Phi) is 3.52. The summed E-state index contributed by atoms with van der Waals surface area (Å²) in [7, 11) is 0. The number of rotatable bonds is 3. The Morgan fingerprint density at radius 3 is 2.88 bits per heavy atom. The van der Waals surface area contributed by atoms with Crippen LogP contribution in [-0.4, -0.2) is 9.67 Å². The minimum atomic E-state index is -0.157. The quantitative estimate of drug-likeness (QED) is 0.944. The van der Waals surface area contributed by atoms with Gasteiger partial charge in [-0.3, -0.25) is 4.79 Å². The SMILES string of the molecule is CCCCn1c(=O)cc(O)c2cccc(Br)c21. The van der Waals surface area contributed by atoms with Crippen molar-refractivity contribution in [3.05, 3.63) is 39.1 Å². The van der Waals surface area contributed by atoms with E-state index in [0.29, 0.717) is 11.9 Å². The predicted octanol–water partition coefficient (Wildman–Crippen LogP) is 3.27. The highest BCUT2D eigenvalue weighted by atomic mass is 79.9. The molecule has 1 aromatic carbocycles. The molecule has 0 unspecified atom stereocenters. The molecule has 0 atom stereocenters. The van der Waals surface area contributed by atoms with Gasteiger partial charge in [0.25, 0.3) is 5.56 Å². The first-order valence-corrected chi connectivity index (χ1v) is 6.45. The molecule has 0 fully saturated rings. The van der Waals surface area contributed by atoms with Crippen molar-refractivity contribution in [1.82, 2.24) is 4.57 Å². The minimum Gasteiger partial charge on any atom is -0.507 e. The van der Waals surface area contributed by atoms with Crippen LogP contribution in [0.25, 0.3) is 10.9 Å². The van der Waals surface area contributed by atoms with Crippen LogP contribution < -0.4 is 5.56 Å². The summed E-state index contributed by atoms with van der Waals surface area (Å²) in [5, 5.41) is 10.5. The topological polar surface area (TPSA) is 42.2 Å². The maximum atomic E-state index is 11.9. The van der Waals surface area contributed by atoms with Gasteiger partial charge in [-0.2, -0.15) is 0 Å². The summed E-state index contributed by atoms with van der Waals surface area (Å²) >= 11 is 3.44. The van der Waals surface area contributed by atoms with Gasteiger partial charge in [0.05, 0.1) is 5.52 Å². The van der Waals surface area contributed by atoms with E-state index in [2.05, 4.69) is 22.9 Å². The van der Waals surface area contributed by atoms with E-state index >= 15 is 0 Å². The van der Waals surface area contributed by atoms with Gasteiger partial charge in [-0.05, 0) is 34.5 Å². The molecular weight excluding hydrogens is 282 g/mol. The number of aryl methyl sites for hydroxylation is 1. The zero-order valence-corrected chi connectivity index (χ0v) is 11.2. The van der Waals surface area contributed by atoms with Gasteiger partial charge in [-0.1, -0.05) is 19.4 Å². The molecule has 1 aromatic heterocycles. The standard InChI is InChI=1S/C13H14BrNO2/c1-2-3-7-15-12(17)8-11(16)9-5-4-6-10(14)13(9)15/h4-6,8,16H,2-3,7H2,1H3. The molecule has 0 saturated carbocycles. The number of hydrogen-bond donors (Lipinski definition) is 1. The van der Waals surface area contributed by atoms with Crippen molar-refractivity contribution < 1.29 is 5.11 Å².